The van der Waals surface area contributed by atoms with Crippen LogP contribution in [0.1, 0.15) is 31.4 Å². The van der Waals surface area contributed by atoms with Crippen LogP contribution in [0, 0.1) is 5.82 Å². The summed E-state index contributed by atoms with van der Waals surface area (Å²) in [7, 11) is 1.83. The van der Waals surface area contributed by atoms with Crippen molar-refractivity contribution < 1.29 is 9.18 Å². The van der Waals surface area contributed by atoms with Gasteiger partial charge in [-0.05, 0) is 38.0 Å². The van der Waals surface area contributed by atoms with Crippen molar-refractivity contribution >= 4 is 11.6 Å². The van der Waals surface area contributed by atoms with Crippen LogP contribution in [0.25, 0.3) is 11.1 Å². The number of rotatable bonds is 4. The number of para-hydroxylation sites is 1. The van der Waals surface area contributed by atoms with Gasteiger partial charge >= 0.3 is 0 Å². The summed E-state index contributed by atoms with van der Waals surface area (Å²) in [5, 5.41) is 4.15. The van der Waals surface area contributed by atoms with Crippen LogP contribution >= 0.6 is 0 Å². The van der Waals surface area contributed by atoms with Gasteiger partial charge in [-0.25, -0.2) is 4.39 Å². The molecule has 0 saturated carbocycles. The number of aryl methyl sites for hydroxylation is 1. The molecule has 1 unspecified atom stereocenters. The maximum absolute atomic E-state index is 15.0. The SMILES string of the molecule is CC(C)N1CCC12C(=O)N(Cc1ccc(-c3cnn(C)c3)cc1F)c1ccccc12. The first-order valence-corrected chi connectivity index (χ1v) is 10.4. The van der Waals surface area contributed by atoms with Gasteiger partial charge in [0, 0.05) is 48.2 Å². The third-order valence-electron chi connectivity index (χ3n) is 6.49. The molecule has 0 bridgehead atoms. The number of fused-ring (bicyclic) bond motifs is 2. The summed E-state index contributed by atoms with van der Waals surface area (Å²) >= 11 is 0. The van der Waals surface area contributed by atoms with Crippen LogP contribution in [0.15, 0.2) is 54.9 Å². The minimum Gasteiger partial charge on any atom is -0.306 e. The van der Waals surface area contributed by atoms with E-state index < -0.39 is 5.54 Å². The molecular formula is C24H25FN4O. The zero-order chi connectivity index (χ0) is 21.0. The van der Waals surface area contributed by atoms with Crippen molar-refractivity contribution in [3.05, 3.63) is 71.8 Å². The van der Waals surface area contributed by atoms with Gasteiger partial charge < -0.3 is 4.90 Å². The van der Waals surface area contributed by atoms with Gasteiger partial charge in [-0.2, -0.15) is 5.10 Å². The molecule has 2 aliphatic heterocycles. The van der Waals surface area contributed by atoms with E-state index in [4.69, 9.17) is 0 Å². The van der Waals surface area contributed by atoms with Gasteiger partial charge in [-0.3, -0.25) is 14.4 Å². The second-order valence-corrected chi connectivity index (χ2v) is 8.51. The summed E-state index contributed by atoms with van der Waals surface area (Å²) in [6.45, 7) is 5.37. The van der Waals surface area contributed by atoms with E-state index in [1.165, 1.54) is 6.07 Å². The molecule has 1 saturated heterocycles. The number of likely N-dealkylation sites (tertiary alicyclic amines) is 1. The molecule has 2 aromatic carbocycles. The quantitative estimate of drug-likeness (QED) is 0.658. The van der Waals surface area contributed by atoms with Gasteiger partial charge in [0.05, 0.1) is 12.7 Å². The molecule has 0 N–H and O–H groups in total. The van der Waals surface area contributed by atoms with E-state index in [-0.39, 0.29) is 24.3 Å². The summed E-state index contributed by atoms with van der Waals surface area (Å²) < 4.78 is 16.7. The summed E-state index contributed by atoms with van der Waals surface area (Å²) in [6.07, 6.45) is 4.38. The zero-order valence-electron chi connectivity index (χ0n) is 17.5. The Hall–Kier alpha value is -2.99. The van der Waals surface area contributed by atoms with Crippen LogP contribution in [0.4, 0.5) is 10.1 Å². The smallest absolute Gasteiger partial charge is 0.252 e. The van der Waals surface area contributed by atoms with Gasteiger partial charge in [0.25, 0.3) is 5.91 Å². The van der Waals surface area contributed by atoms with Crippen molar-refractivity contribution in [2.24, 2.45) is 7.05 Å². The Labute approximate surface area is 175 Å². The number of carbonyl (C=O) groups is 1. The van der Waals surface area contributed by atoms with E-state index in [1.54, 1.807) is 21.8 Å². The zero-order valence-corrected chi connectivity index (χ0v) is 17.5. The van der Waals surface area contributed by atoms with Crippen LogP contribution in [0.5, 0.6) is 0 Å². The van der Waals surface area contributed by atoms with Gasteiger partial charge in [0.2, 0.25) is 0 Å². The normalized spacial score (nSPS) is 20.8. The average Bonchev–Trinajstić information content (AvgIpc) is 3.23. The minimum atomic E-state index is -0.600. The number of anilines is 1. The number of amides is 1. The summed E-state index contributed by atoms with van der Waals surface area (Å²) in [5.74, 6) is -0.253. The first kappa shape index (κ1) is 19.0. The molecule has 5 rings (SSSR count). The van der Waals surface area contributed by atoms with Crippen LogP contribution in [-0.2, 0) is 23.9 Å². The maximum atomic E-state index is 15.0. The van der Waals surface area contributed by atoms with E-state index in [1.807, 2.05) is 43.6 Å². The highest BCUT2D eigenvalue weighted by Gasteiger charge is 2.59. The predicted molar refractivity (Wildman–Crippen MR) is 114 cm³/mol. The van der Waals surface area contributed by atoms with E-state index in [0.29, 0.717) is 5.56 Å². The molecule has 2 aliphatic rings. The number of nitrogens with zero attached hydrogens (tertiary/aromatic N) is 4. The molecule has 1 atom stereocenters. The fourth-order valence-corrected chi connectivity index (χ4v) is 4.94. The Morgan fingerprint density at radius 2 is 1.97 bits per heavy atom. The molecule has 5 nitrogen and oxygen atoms in total. The molecule has 30 heavy (non-hydrogen) atoms. The molecule has 3 heterocycles. The van der Waals surface area contributed by atoms with E-state index in [2.05, 4.69) is 23.8 Å². The highest BCUT2D eigenvalue weighted by Crippen LogP contribution is 2.52. The van der Waals surface area contributed by atoms with E-state index in [0.717, 1.165) is 35.3 Å². The van der Waals surface area contributed by atoms with Crippen molar-refractivity contribution in [3.63, 3.8) is 0 Å². The van der Waals surface area contributed by atoms with Crippen molar-refractivity contribution in [3.8, 4) is 11.1 Å². The van der Waals surface area contributed by atoms with Gasteiger partial charge in [-0.1, -0.05) is 30.3 Å². The Morgan fingerprint density at radius 3 is 2.60 bits per heavy atom. The van der Waals surface area contributed by atoms with Crippen molar-refractivity contribution in [2.75, 3.05) is 11.4 Å². The van der Waals surface area contributed by atoms with Crippen LogP contribution < -0.4 is 4.90 Å². The minimum absolute atomic E-state index is 0.0550. The van der Waals surface area contributed by atoms with Crippen molar-refractivity contribution in [2.45, 2.75) is 38.4 Å². The second-order valence-electron chi connectivity index (χ2n) is 8.51. The molecule has 1 spiro atoms. The van der Waals surface area contributed by atoms with Crippen molar-refractivity contribution in [1.82, 2.24) is 14.7 Å². The number of aromatic nitrogens is 2. The largest absolute Gasteiger partial charge is 0.306 e. The Balaban J connectivity index is 1.49. The molecule has 1 fully saturated rings. The van der Waals surface area contributed by atoms with Crippen LogP contribution in [-0.4, -0.2) is 33.2 Å². The van der Waals surface area contributed by atoms with Crippen molar-refractivity contribution in [1.29, 1.82) is 0 Å². The maximum Gasteiger partial charge on any atom is 0.252 e. The van der Waals surface area contributed by atoms with E-state index >= 15 is 4.39 Å². The number of halogens is 1. The first-order chi connectivity index (χ1) is 14.4. The third kappa shape index (κ3) is 2.63. The highest BCUT2D eigenvalue weighted by atomic mass is 19.1. The van der Waals surface area contributed by atoms with E-state index in [9.17, 15) is 4.79 Å². The van der Waals surface area contributed by atoms with Crippen LogP contribution in [0.3, 0.4) is 0 Å². The average molecular weight is 404 g/mol. The standard InChI is InChI=1S/C24H25FN4O/c1-16(2)29-11-10-24(29)20-6-4-5-7-22(20)28(23(24)30)15-18-9-8-17(12-21(18)25)19-13-26-27(3)14-19/h4-9,12-14,16H,10-11,15H2,1-3H3. The number of hydrogen-bond acceptors (Lipinski definition) is 3. The van der Waals surface area contributed by atoms with Gasteiger partial charge in [0.1, 0.15) is 11.4 Å². The molecule has 3 aromatic rings. The lowest BCUT2D eigenvalue weighted by molar-refractivity contribution is -0.142. The molecular weight excluding hydrogens is 379 g/mol. The lowest BCUT2D eigenvalue weighted by Crippen LogP contribution is -2.64. The fourth-order valence-electron chi connectivity index (χ4n) is 4.94. The fraction of sp³-hybridized carbons (Fsp3) is 0.333. The molecule has 1 aromatic heterocycles. The number of benzene rings is 2. The summed E-state index contributed by atoms with van der Waals surface area (Å²) in [5.41, 5.74) is 3.49. The van der Waals surface area contributed by atoms with Crippen LogP contribution in [0.2, 0.25) is 0 Å². The Kier molecular flexibility index (Phi) is 4.29. The number of hydrogen-bond donors (Lipinski definition) is 0. The second kappa shape index (κ2) is 6.77. The summed E-state index contributed by atoms with van der Waals surface area (Å²) in [4.78, 5) is 17.7. The lowest BCUT2D eigenvalue weighted by atomic mass is 9.78. The topological polar surface area (TPSA) is 41.4 Å². The Bertz CT molecular complexity index is 1140. The monoisotopic (exact) mass is 404 g/mol. The molecule has 154 valence electrons. The Morgan fingerprint density at radius 1 is 1.17 bits per heavy atom. The molecule has 1 amide bonds. The lowest BCUT2D eigenvalue weighted by Gasteiger charge is -2.51. The van der Waals surface area contributed by atoms with Gasteiger partial charge in [0.15, 0.2) is 0 Å². The summed E-state index contributed by atoms with van der Waals surface area (Å²) in [6, 6.07) is 13.4. The van der Waals surface area contributed by atoms with Gasteiger partial charge in [-0.15, -0.1) is 0 Å². The molecule has 0 aliphatic carbocycles. The highest BCUT2D eigenvalue weighted by molar-refractivity contribution is 6.08. The number of carbonyl (C=O) groups excluding carboxylic acids is 1. The predicted octanol–water partition coefficient (Wildman–Crippen LogP) is 4.08. The first-order valence-electron chi connectivity index (χ1n) is 10.4. The molecule has 0 radical (unpaired) electrons. The molecule has 6 heteroatoms. The third-order valence-corrected chi connectivity index (χ3v) is 6.49.